The molecule has 3 nitrogen and oxygen atoms in total. The molecule has 0 aliphatic heterocycles. The van der Waals surface area contributed by atoms with E-state index < -0.39 is 17.7 Å². The summed E-state index contributed by atoms with van der Waals surface area (Å²) >= 11 is 0. The molecule has 1 atom stereocenters. The molecule has 0 saturated carbocycles. The van der Waals surface area contributed by atoms with Crippen LogP contribution < -0.4 is 10.1 Å². The second kappa shape index (κ2) is 6.99. The first-order valence-electron chi connectivity index (χ1n) is 6.30. The molecule has 0 aromatic heterocycles. The van der Waals surface area contributed by atoms with Crippen LogP contribution in [0.5, 0.6) is 5.75 Å². The lowest BCUT2D eigenvalue weighted by atomic mass is 10.2. The van der Waals surface area contributed by atoms with Crippen molar-refractivity contribution in [3.8, 4) is 5.75 Å². The summed E-state index contributed by atoms with van der Waals surface area (Å²) in [5.74, 6) is -1.16. The fourth-order valence-electron chi connectivity index (χ4n) is 1.64. The van der Waals surface area contributed by atoms with Gasteiger partial charge in [0.15, 0.2) is 0 Å². The molecule has 0 heterocycles. The van der Waals surface area contributed by atoms with E-state index in [1.54, 1.807) is 0 Å². The van der Waals surface area contributed by atoms with Gasteiger partial charge in [-0.2, -0.15) is 0 Å². The van der Waals surface area contributed by atoms with E-state index in [1.165, 1.54) is 24.3 Å². The zero-order valence-electron chi connectivity index (χ0n) is 11.0. The molecule has 0 aliphatic carbocycles. The number of ether oxygens (including phenoxy) is 1. The predicted octanol–water partition coefficient (Wildman–Crippen LogP) is 2.96. The van der Waals surface area contributed by atoms with Crippen molar-refractivity contribution in [2.45, 2.75) is 6.10 Å². The molecule has 2 aromatic rings. The van der Waals surface area contributed by atoms with E-state index in [2.05, 4.69) is 5.32 Å². The third-order valence-corrected chi connectivity index (χ3v) is 2.71. The monoisotopic (exact) mass is 297 g/mol. The first-order valence-corrected chi connectivity index (χ1v) is 6.30. The molecule has 0 radical (unpaired) electrons. The van der Waals surface area contributed by atoms with Crippen LogP contribution in [0.15, 0.2) is 42.5 Å². The van der Waals surface area contributed by atoms with Gasteiger partial charge in [0.1, 0.15) is 35.9 Å². The Balaban J connectivity index is 1.80. The second-order valence-electron chi connectivity index (χ2n) is 4.42. The number of aliphatic hydroxyl groups is 1. The van der Waals surface area contributed by atoms with Crippen LogP contribution in [-0.2, 0) is 0 Å². The molecule has 0 amide bonds. The Labute approximate surface area is 120 Å². The zero-order chi connectivity index (χ0) is 15.2. The summed E-state index contributed by atoms with van der Waals surface area (Å²) < 4.78 is 44.2. The van der Waals surface area contributed by atoms with Gasteiger partial charge in [-0.3, -0.25) is 0 Å². The zero-order valence-corrected chi connectivity index (χ0v) is 11.0. The van der Waals surface area contributed by atoms with Crippen LogP contribution in [0.4, 0.5) is 18.9 Å². The Morgan fingerprint density at radius 2 is 1.67 bits per heavy atom. The van der Waals surface area contributed by atoms with E-state index in [0.29, 0.717) is 5.75 Å². The van der Waals surface area contributed by atoms with Crippen molar-refractivity contribution in [3.63, 3.8) is 0 Å². The molecule has 0 aliphatic rings. The smallest absolute Gasteiger partial charge is 0.146 e. The van der Waals surface area contributed by atoms with Gasteiger partial charge < -0.3 is 15.2 Å². The van der Waals surface area contributed by atoms with Gasteiger partial charge in [0.2, 0.25) is 0 Å². The largest absolute Gasteiger partial charge is 0.491 e. The van der Waals surface area contributed by atoms with E-state index in [-0.39, 0.29) is 24.7 Å². The highest BCUT2D eigenvalue weighted by molar-refractivity contribution is 5.44. The third kappa shape index (κ3) is 4.68. The van der Waals surface area contributed by atoms with Crippen LogP contribution in [0.1, 0.15) is 0 Å². The maximum Gasteiger partial charge on any atom is 0.146 e. The maximum atomic E-state index is 13.3. The van der Waals surface area contributed by atoms with Crippen LogP contribution in [0.25, 0.3) is 0 Å². The highest BCUT2D eigenvalue weighted by atomic mass is 19.1. The molecule has 0 saturated heterocycles. The van der Waals surface area contributed by atoms with E-state index in [4.69, 9.17) is 4.74 Å². The van der Waals surface area contributed by atoms with Gasteiger partial charge in [0.05, 0.1) is 5.69 Å². The quantitative estimate of drug-likeness (QED) is 0.861. The van der Waals surface area contributed by atoms with Gasteiger partial charge in [0.25, 0.3) is 0 Å². The minimum Gasteiger partial charge on any atom is -0.491 e. The summed E-state index contributed by atoms with van der Waals surface area (Å²) in [4.78, 5) is 0. The molecule has 1 unspecified atom stereocenters. The van der Waals surface area contributed by atoms with Crippen molar-refractivity contribution >= 4 is 5.69 Å². The Kier molecular flexibility index (Phi) is 5.05. The molecule has 21 heavy (non-hydrogen) atoms. The highest BCUT2D eigenvalue weighted by Gasteiger charge is 2.08. The summed E-state index contributed by atoms with van der Waals surface area (Å²) in [6.07, 6.45) is -0.933. The topological polar surface area (TPSA) is 41.5 Å². The number of hydrogen-bond acceptors (Lipinski definition) is 3. The standard InChI is InChI=1S/C15H14F3NO2/c16-10-1-4-13(5-2-10)21-9-12(20)8-19-15-7-11(17)3-6-14(15)18/h1-7,12,19-20H,8-9H2. The Morgan fingerprint density at radius 1 is 1.00 bits per heavy atom. The first kappa shape index (κ1) is 15.2. The van der Waals surface area contributed by atoms with Crippen molar-refractivity contribution in [2.75, 3.05) is 18.5 Å². The van der Waals surface area contributed by atoms with Crippen molar-refractivity contribution in [2.24, 2.45) is 0 Å². The van der Waals surface area contributed by atoms with Crippen LogP contribution in [0.3, 0.4) is 0 Å². The number of hydrogen-bond donors (Lipinski definition) is 2. The van der Waals surface area contributed by atoms with Crippen LogP contribution in [0, 0.1) is 17.5 Å². The third-order valence-electron chi connectivity index (χ3n) is 2.71. The van der Waals surface area contributed by atoms with E-state index in [0.717, 1.165) is 18.2 Å². The molecular formula is C15H14F3NO2. The summed E-state index contributed by atoms with van der Waals surface area (Å²) in [6.45, 7) is -0.0723. The molecule has 0 spiro atoms. The SMILES string of the molecule is OC(CNc1cc(F)ccc1F)COc1ccc(F)cc1. The molecule has 2 rings (SSSR count). The summed E-state index contributed by atoms with van der Waals surface area (Å²) in [6, 6.07) is 8.35. The highest BCUT2D eigenvalue weighted by Crippen LogP contribution is 2.15. The maximum absolute atomic E-state index is 13.3. The average molecular weight is 297 g/mol. The van der Waals surface area contributed by atoms with Gasteiger partial charge in [-0.1, -0.05) is 0 Å². The number of aliphatic hydroxyl groups excluding tert-OH is 1. The molecule has 2 N–H and O–H groups in total. The van der Waals surface area contributed by atoms with Crippen LogP contribution >= 0.6 is 0 Å². The minimum absolute atomic E-state index is 0.0123. The van der Waals surface area contributed by atoms with Gasteiger partial charge in [-0.25, -0.2) is 13.2 Å². The van der Waals surface area contributed by atoms with E-state index >= 15 is 0 Å². The number of anilines is 1. The van der Waals surface area contributed by atoms with Gasteiger partial charge >= 0.3 is 0 Å². The number of nitrogens with one attached hydrogen (secondary N) is 1. The number of halogens is 3. The van der Waals surface area contributed by atoms with E-state index in [9.17, 15) is 18.3 Å². The lowest BCUT2D eigenvalue weighted by Gasteiger charge is -2.14. The number of rotatable bonds is 6. The molecule has 112 valence electrons. The molecule has 0 fully saturated rings. The Morgan fingerprint density at radius 3 is 2.38 bits per heavy atom. The lowest BCUT2D eigenvalue weighted by Crippen LogP contribution is -2.26. The average Bonchev–Trinajstić information content (AvgIpc) is 2.47. The molecule has 0 bridgehead atoms. The van der Waals surface area contributed by atoms with Crippen molar-refractivity contribution in [1.82, 2.24) is 0 Å². The Bertz CT molecular complexity index is 590. The minimum atomic E-state index is -0.933. The normalized spacial score (nSPS) is 12.0. The van der Waals surface area contributed by atoms with Gasteiger partial charge in [-0.15, -0.1) is 0 Å². The van der Waals surface area contributed by atoms with Gasteiger partial charge in [0, 0.05) is 6.54 Å². The van der Waals surface area contributed by atoms with Crippen molar-refractivity contribution < 1.29 is 23.0 Å². The predicted molar refractivity (Wildman–Crippen MR) is 72.7 cm³/mol. The second-order valence-corrected chi connectivity index (χ2v) is 4.42. The summed E-state index contributed by atoms with van der Waals surface area (Å²) in [5, 5.41) is 12.3. The van der Waals surface area contributed by atoms with E-state index in [1.807, 2.05) is 0 Å². The fourth-order valence-corrected chi connectivity index (χ4v) is 1.64. The molecule has 6 heteroatoms. The van der Waals surface area contributed by atoms with Crippen LogP contribution in [-0.4, -0.2) is 24.4 Å². The fraction of sp³-hybridized carbons (Fsp3) is 0.200. The van der Waals surface area contributed by atoms with Gasteiger partial charge in [-0.05, 0) is 42.5 Å². The lowest BCUT2D eigenvalue weighted by molar-refractivity contribution is 0.117. The summed E-state index contributed by atoms with van der Waals surface area (Å²) in [7, 11) is 0. The summed E-state index contributed by atoms with van der Waals surface area (Å²) in [5.41, 5.74) is -0.0316. The Hall–Kier alpha value is -2.21. The first-order chi connectivity index (χ1) is 10.0. The van der Waals surface area contributed by atoms with Crippen molar-refractivity contribution in [3.05, 3.63) is 59.9 Å². The molecular weight excluding hydrogens is 283 g/mol. The van der Waals surface area contributed by atoms with Crippen LogP contribution in [0.2, 0.25) is 0 Å². The molecule has 2 aromatic carbocycles. The van der Waals surface area contributed by atoms with Crippen molar-refractivity contribution in [1.29, 1.82) is 0 Å². The number of benzene rings is 2.